The third kappa shape index (κ3) is 4.23. The Labute approximate surface area is 162 Å². The minimum atomic E-state index is 0.680. The fourth-order valence-corrected chi connectivity index (χ4v) is 3.77. The Morgan fingerprint density at radius 2 is 2.00 bits per heavy atom. The number of ether oxygens (including phenoxy) is 1. The lowest BCUT2D eigenvalue weighted by Crippen LogP contribution is -2.46. The van der Waals surface area contributed by atoms with E-state index in [1.165, 1.54) is 0 Å². The maximum Gasteiger partial charge on any atom is 0.245 e. The van der Waals surface area contributed by atoms with Crippen molar-refractivity contribution in [2.24, 2.45) is 0 Å². The summed E-state index contributed by atoms with van der Waals surface area (Å²) in [4.78, 5) is 13.9. The molecule has 0 unspecified atom stereocenters. The molecule has 0 atom stereocenters. The Morgan fingerprint density at radius 3 is 2.74 bits per heavy atom. The summed E-state index contributed by atoms with van der Waals surface area (Å²) < 4.78 is 5.30. The molecule has 0 amide bonds. The fraction of sp³-hybridized carbons (Fsp3) is 0.368. The highest BCUT2D eigenvalue weighted by Gasteiger charge is 2.20. The van der Waals surface area contributed by atoms with E-state index in [0.29, 0.717) is 5.95 Å². The van der Waals surface area contributed by atoms with Gasteiger partial charge in [-0.3, -0.25) is 4.90 Å². The molecule has 3 heterocycles. The Bertz CT molecular complexity index is 906. The third-order valence-corrected chi connectivity index (χ3v) is 5.44. The minimum absolute atomic E-state index is 0.680. The summed E-state index contributed by atoms with van der Waals surface area (Å²) >= 11 is 1.71. The van der Waals surface area contributed by atoms with Crippen molar-refractivity contribution in [3.8, 4) is 17.0 Å². The van der Waals surface area contributed by atoms with Crippen LogP contribution < -0.4 is 9.64 Å². The first-order valence-electron chi connectivity index (χ1n) is 8.94. The van der Waals surface area contributed by atoms with Crippen molar-refractivity contribution in [1.82, 2.24) is 25.1 Å². The minimum Gasteiger partial charge on any atom is -0.497 e. The molecule has 1 saturated heterocycles. The molecule has 3 aromatic rings. The molecule has 0 N–H and O–H groups in total. The summed E-state index contributed by atoms with van der Waals surface area (Å²) in [5, 5.41) is 11.7. The van der Waals surface area contributed by atoms with Crippen molar-refractivity contribution < 1.29 is 4.74 Å². The maximum atomic E-state index is 5.30. The predicted octanol–water partition coefficient (Wildman–Crippen LogP) is 2.63. The summed E-state index contributed by atoms with van der Waals surface area (Å²) in [5.74, 6) is 1.48. The van der Waals surface area contributed by atoms with Gasteiger partial charge in [0.2, 0.25) is 5.95 Å². The van der Waals surface area contributed by atoms with Crippen molar-refractivity contribution in [1.29, 1.82) is 0 Å². The first-order valence-corrected chi connectivity index (χ1v) is 9.82. The van der Waals surface area contributed by atoms with Crippen LogP contribution in [0.25, 0.3) is 11.3 Å². The van der Waals surface area contributed by atoms with E-state index in [1.807, 2.05) is 31.2 Å². The fourth-order valence-electron chi connectivity index (χ4n) is 3.17. The largest absolute Gasteiger partial charge is 0.497 e. The number of aryl methyl sites for hydroxylation is 1. The third-order valence-electron chi connectivity index (χ3n) is 4.62. The van der Waals surface area contributed by atoms with Gasteiger partial charge in [0, 0.05) is 43.7 Å². The summed E-state index contributed by atoms with van der Waals surface area (Å²) in [7, 11) is 1.66. The molecule has 1 fully saturated rings. The molecule has 2 aromatic heterocycles. The molecule has 1 aromatic carbocycles. The number of piperazine rings is 1. The second-order valence-corrected chi connectivity index (χ2v) is 7.56. The van der Waals surface area contributed by atoms with E-state index >= 15 is 0 Å². The van der Waals surface area contributed by atoms with Crippen molar-refractivity contribution in [3.63, 3.8) is 0 Å². The smallest absolute Gasteiger partial charge is 0.245 e. The van der Waals surface area contributed by atoms with Gasteiger partial charge in [-0.15, -0.1) is 16.4 Å². The zero-order valence-corrected chi connectivity index (χ0v) is 16.3. The Hall–Kier alpha value is -2.58. The second-order valence-electron chi connectivity index (χ2n) is 6.49. The average molecular weight is 382 g/mol. The zero-order chi connectivity index (χ0) is 18.6. The molecule has 0 bridgehead atoms. The monoisotopic (exact) mass is 382 g/mol. The first-order chi connectivity index (χ1) is 13.2. The standard InChI is InChI=1S/C19H22N6OS/c1-14-21-16(13-27-14)12-24-6-8-25(9-7-24)19-22-18(11-20-23-19)15-4-3-5-17(10-15)26-2/h3-5,10-11,13H,6-9,12H2,1-2H3. The molecule has 1 aliphatic rings. The summed E-state index contributed by atoms with van der Waals surface area (Å²) in [6.07, 6.45) is 1.69. The van der Waals surface area contributed by atoms with Gasteiger partial charge in [0.1, 0.15) is 5.75 Å². The Morgan fingerprint density at radius 1 is 1.15 bits per heavy atom. The Balaban J connectivity index is 1.42. The van der Waals surface area contributed by atoms with Crippen molar-refractivity contribution in [2.75, 3.05) is 38.2 Å². The van der Waals surface area contributed by atoms with E-state index in [2.05, 4.69) is 30.4 Å². The number of methoxy groups -OCH3 is 1. The zero-order valence-electron chi connectivity index (χ0n) is 15.5. The number of rotatable bonds is 5. The van der Waals surface area contributed by atoms with Crippen LogP contribution in [0.15, 0.2) is 35.8 Å². The SMILES string of the molecule is COc1cccc(-c2cnnc(N3CCN(Cc4csc(C)n4)CC3)n2)c1. The number of hydrogen-bond acceptors (Lipinski definition) is 8. The molecule has 140 valence electrons. The van der Waals surface area contributed by atoms with Crippen LogP contribution >= 0.6 is 11.3 Å². The molecule has 4 rings (SSSR count). The van der Waals surface area contributed by atoms with Gasteiger partial charge in [-0.05, 0) is 19.1 Å². The van der Waals surface area contributed by atoms with Gasteiger partial charge in [0.25, 0.3) is 0 Å². The van der Waals surface area contributed by atoms with E-state index in [0.717, 1.165) is 60.4 Å². The Kier molecular flexibility index (Phi) is 5.26. The van der Waals surface area contributed by atoms with Crippen LogP contribution in [0, 0.1) is 6.92 Å². The molecule has 0 saturated carbocycles. The molecule has 0 radical (unpaired) electrons. The second kappa shape index (κ2) is 7.98. The quantitative estimate of drug-likeness (QED) is 0.672. The number of aromatic nitrogens is 4. The lowest BCUT2D eigenvalue weighted by atomic mass is 10.1. The maximum absolute atomic E-state index is 5.30. The normalized spacial score (nSPS) is 15.1. The first kappa shape index (κ1) is 17.8. The molecular formula is C19H22N6OS. The molecule has 7 nitrogen and oxygen atoms in total. The van der Waals surface area contributed by atoms with Crippen molar-refractivity contribution in [3.05, 3.63) is 46.5 Å². The lowest BCUT2D eigenvalue weighted by Gasteiger charge is -2.34. The van der Waals surface area contributed by atoms with Gasteiger partial charge in [-0.25, -0.2) is 9.97 Å². The average Bonchev–Trinajstić information content (AvgIpc) is 3.13. The van der Waals surface area contributed by atoms with Crippen LogP contribution in [0.1, 0.15) is 10.7 Å². The summed E-state index contributed by atoms with van der Waals surface area (Å²) in [6.45, 7) is 6.64. The summed E-state index contributed by atoms with van der Waals surface area (Å²) in [6, 6.07) is 7.84. The van der Waals surface area contributed by atoms with Crippen molar-refractivity contribution >= 4 is 17.3 Å². The van der Waals surface area contributed by atoms with E-state index in [1.54, 1.807) is 24.6 Å². The van der Waals surface area contributed by atoms with Crippen LogP contribution in [0.2, 0.25) is 0 Å². The van der Waals surface area contributed by atoms with E-state index in [9.17, 15) is 0 Å². The van der Waals surface area contributed by atoms with Gasteiger partial charge in [-0.1, -0.05) is 12.1 Å². The summed E-state index contributed by atoms with van der Waals surface area (Å²) in [5.41, 5.74) is 2.94. The number of thiazole rings is 1. The van der Waals surface area contributed by atoms with E-state index in [4.69, 9.17) is 9.72 Å². The highest BCUT2D eigenvalue weighted by atomic mass is 32.1. The highest BCUT2D eigenvalue weighted by molar-refractivity contribution is 7.09. The van der Waals surface area contributed by atoms with Crippen LogP contribution in [0.3, 0.4) is 0 Å². The highest BCUT2D eigenvalue weighted by Crippen LogP contribution is 2.23. The number of benzene rings is 1. The number of hydrogen-bond donors (Lipinski definition) is 0. The van der Waals surface area contributed by atoms with Crippen LogP contribution in [-0.4, -0.2) is 58.4 Å². The molecule has 8 heteroatoms. The van der Waals surface area contributed by atoms with Crippen LogP contribution in [0.4, 0.5) is 5.95 Å². The van der Waals surface area contributed by atoms with Gasteiger partial charge >= 0.3 is 0 Å². The van der Waals surface area contributed by atoms with E-state index < -0.39 is 0 Å². The molecule has 27 heavy (non-hydrogen) atoms. The number of nitrogens with zero attached hydrogens (tertiary/aromatic N) is 6. The van der Waals surface area contributed by atoms with E-state index in [-0.39, 0.29) is 0 Å². The number of anilines is 1. The van der Waals surface area contributed by atoms with Gasteiger partial charge in [0.05, 0.1) is 29.7 Å². The van der Waals surface area contributed by atoms with Gasteiger partial charge in [0.15, 0.2) is 0 Å². The van der Waals surface area contributed by atoms with Crippen molar-refractivity contribution in [2.45, 2.75) is 13.5 Å². The topological polar surface area (TPSA) is 67.3 Å². The van der Waals surface area contributed by atoms with Gasteiger partial charge < -0.3 is 9.64 Å². The van der Waals surface area contributed by atoms with Crippen LogP contribution in [0.5, 0.6) is 5.75 Å². The van der Waals surface area contributed by atoms with Crippen LogP contribution in [-0.2, 0) is 6.54 Å². The predicted molar refractivity (Wildman–Crippen MR) is 106 cm³/mol. The molecule has 0 spiro atoms. The molecule has 0 aliphatic carbocycles. The molecule has 1 aliphatic heterocycles. The molecular weight excluding hydrogens is 360 g/mol. The van der Waals surface area contributed by atoms with Gasteiger partial charge in [-0.2, -0.15) is 5.10 Å². The lowest BCUT2D eigenvalue weighted by molar-refractivity contribution is 0.246.